The first-order valence-electron chi connectivity index (χ1n) is 5.59. The molecule has 5 heteroatoms. The molecule has 1 rings (SSSR count). The smallest absolute Gasteiger partial charge is 0.225 e. The molecule has 0 saturated heterocycles. The van der Waals surface area contributed by atoms with Crippen molar-refractivity contribution in [2.75, 3.05) is 18.9 Å². The van der Waals surface area contributed by atoms with Crippen LogP contribution in [0.25, 0.3) is 0 Å². The second kappa shape index (κ2) is 6.86. The van der Waals surface area contributed by atoms with Crippen LogP contribution in [0.5, 0.6) is 5.75 Å². The number of benzene rings is 1. The third-order valence-corrected chi connectivity index (χ3v) is 3.75. The van der Waals surface area contributed by atoms with Crippen LogP contribution in [0.1, 0.15) is 12.5 Å². The Hall–Kier alpha value is -0.930. The minimum Gasteiger partial charge on any atom is -0.496 e. The number of amides is 1. The van der Waals surface area contributed by atoms with Gasteiger partial charge in [-0.25, -0.2) is 0 Å². The Labute approximate surface area is 117 Å². The third-order valence-electron chi connectivity index (χ3n) is 2.57. The average Bonchev–Trinajstić information content (AvgIpc) is 2.39. The van der Waals surface area contributed by atoms with E-state index in [0.29, 0.717) is 5.75 Å². The molecule has 0 radical (unpaired) electrons. The lowest BCUT2D eigenvalue weighted by Crippen LogP contribution is -2.49. The van der Waals surface area contributed by atoms with E-state index in [1.807, 2.05) is 31.2 Å². The highest BCUT2D eigenvalue weighted by Crippen LogP contribution is 2.18. The van der Waals surface area contributed by atoms with Gasteiger partial charge in [-0.1, -0.05) is 18.2 Å². The third kappa shape index (κ3) is 4.07. The molecule has 1 amide bonds. The van der Waals surface area contributed by atoms with Gasteiger partial charge in [0.2, 0.25) is 5.91 Å². The summed E-state index contributed by atoms with van der Waals surface area (Å²) in [6, 6.07) is 7.41. The zero-order chi connectivity index (χ0) is 13.6. The quantitative estimate of drug-likeness (QED) is 0.818. The molecule has 1 aromatic carbocycles. The van der Waals surface area contributed by atoms with E-state index in [4.69, 9.17) is 27.9 Å². The molecule has 1 N–H and O–H groups in total. The number of para-hydroxylation sites is 1. The Bertz CT molecular complexity index is 406. The molecular weight excluding hydrogens is 273 g/mol. The van der Waals surface area contributed by atoms with Crippen LogP contribution in [0.3, 0.4) is 0 Å². The largest absolute Gasteiger partial charge is 0.496 e. The predicted octanol–water partition coefficient (Wildman–Crippen LogP) is 2.59. The number of nitrogens with one attached hydrogen (secondary N) is 1. The van der Waals surface area contributed by atoms with Crippen molar-refractivity contribution in [1.82, 2.24) is 5.32 Å². The standard InChI is InChI=1S/C13H17Cl2NO2/c1-13(8-14,9-15)16-12(17)7-10-5-3-4-6-11(10)18-2/h3-6H,7-9H2,1-2H3,(H,16,17). The average molecular weight is 290 g/mol. The summed E-state index contributed by atoms with van der Waals surface area (Å²) in [5.41, 5.74) is 0.256. The lowest BCUT2D eigenvalue weighted by Gasteiger charge is -2.26. The summed E-state index contributed by atoms with van der Waals surface area (Å²) in [5, 5.41) is 2.83. The Morgan fingerprint density at radius 3 is 2.50 bits per heavy atom. The van der Waals surface area contributed by atoms with Gasteiger partial charge in [0.15, 0.2) is 0 Å². The Morgan fingerprint density at radius 1 is 1.33 bits per heavy atom. The fraction of sp³-hybridized carbons (Fsp3) is 0.462. The van der Waals surface area contributed by atoms with Gasteiger partial charge in [0, 0.05) is 17.3 Å². The summed E-state index contributed by atoms with van der Waals surface area (Å²) in [5.74, 6) is 1.12. The number of hydrogen-bond acceptors (Lipinski definition) is 2. The maximum absolute atomic E-state index is 11.9. The normalized spacial score (nSPS) is 11.1. The zero-order valence-electron chi connectivity index (χ0n) is 10.5. The molecule has 0 fully saturated rings. The van der Waals surface area contributed by atoms with Crippen molar-refractivity contribution in [3.05, 3.63) is 29.8 Å². The van der Waals surface area contributed by atoms with E-state index in [2.05, 4.69) is 5.32 Å². The van der Waals surface area contributed by atoms with Gasteiger partial charge in [0.1, 0.15) is 5.75 Å². The van der Waals surface area contributed by atoms with Crippen LogP contribution >= 0.6 is 23.2 Å². The van der Waals surface area contributed by atoms with E-state index in [1.54, 1.807) is 7.11 Å². The van der Waals surface area contributed by atoms with E-state index in [1.165, 1.54) is 0 Å². The molecule has 0 heterocycles. The van der Waals surface area contributed by atoms with Gasteiger partial charge >= 0.3 is 0 Å². The summed E-state index contributed by atoms with van der Waals surface area (Å²) in [6.07, 6.45) is 0.243. The lowest BCUT2D eigenvalue weighted by molar-refractivity contribution is -0.121. The number of halogens is 2. The van der Waals surface area contributed by atoms with Crippen molar-refractivity contribution < 1.29 is 9.53 Å². The van der Waals surface area contributed by atoms with E-state index >= 15 is 0 Å². The number of ether oxygens (including phenoxy) is 1. The van der Waals surface area contributed by atoms with E-state index in [0.717, 1.165) is 5.56 Å². The number of hydrogen-bond donors (Lipinski definition) is 1. The number of alkyl halides is 2. The van der Waals surface area contributed by atoms with Crippen LogP contribution in [-0.2, 0) is 11.2 Å². The number of rotatable bonds is 6. The van der Waals surface area contributed by atoms with E-state index < -0.39 is 5.54 Å². The Kier molecular flexibility index (Phi) is 5.76. The van der Waals surface area contributed by atoms with Gasteiger partial charge < -0.3 is 10.1 Å². The second-order valence-corrected chi connectivity index (χ2v) is 4.90. The van der Waals surface area contributed by atoms with Crippen LogP contribution in [0.4, 0.5) is 0 Å². The highest BCUT2D eigenvalue weighted by Gasteiger charge is 2.24. The molecule has 18 heavy (non-hydrogen) atoms. The van der Waals surface area contributed by atoms with Crippen LogP contribution in [-0.4, -0.2) is 30.3 Å². The molecule has 1 aromatic rings. The lowest BCUT2D eigenvalue weighted by atomic mass is 10.1. The fourth-order valence-electron chi connectivity index (χ4n) is 1.51. The van der Waals surface area contributed by atoms with E-state index in [-0.39, 0.29) is 24.1 Å². The van der Waals surface area contributed by atoms with Crippen molar-refractivity contribution in [1.29, 1.82) is 0 Å². The Morgan fingerprint density at radius 2 is 1.94 bits per heavy atom. The number of carbonyl (C=O) groups is 1. The van der Waals surface area contributed by atoms with Gasteiger partial charge in [-0.2, -0.15) is 0 Å². The minimum atomic E-state index is -0.581. The first-order valence-corrected chi connectivity index (χ1v) is 6.66. The Balaban J connectivity index is 2.70. The fourth-order valence-corrected chi connectivity index (χ4v) is 1.92. The van der Waals surface area contributed by atoms with Crippen molar-refractivity contribution in [3.8, 4) is 5.75 Å². The highest BCUT2D eigenvalue weighted by atomic mass is 35.5. The minimum absolute atomic E-state index is 0.122. The van der Waals surface area contributed by atoms with Gasteiger partial charge in [-0.3, -0.25) is 4.79 Å². The molecule has 0 aliphatic carbocycles. The molecule has 100 valence electrons. The summed E-state index contributed by atoms with van der Waals surface area (Å²) < 4.78 is 5.20. The molecule has 0 bridgehead atoms. The SMILES string of the molecule is COc1ccccc1CC(=O)NC(C)(CCl)CCl. The van der Waals surface area contributed by atoms with Gasteiger partial charge in [-0.15, -0.1) is 23.2 Å². The van der Waals surface area contributed by atoms with Gasteiger partial charge in [-0.05, 0) is 13.0 Å². The topological polar surface area (TPSA) is 38.3 Å². The second-order valence-electron chi connectivity index (χ2n) is 4.36. The van der Waals surface area contributed by atoms with Crippen LogP contribution in [0, 0.1) is 0 Å². The molecule has 0 aromatic heterocycles. The van der Waals surface area contributed by atoms with E-state index in [9.17, 15) is 4.79 Å². The molecular formula is C13H17Cl2NO2. The monoisotopic (exact) mass is 289 g/mol. The zero-order valence-corrected chi connectivity index (χ0v) is 12.0. The molecule has 0 spiro atoms. The highest BCUT2D eigenvalue weighted by molar-refractivity contribution is 6.22. The van der Waals surface area contributed by atoms with Crippen molar-refractivity contribution in [3.63, 3.8) is 0 Å². The van der Waals surface area contributed by atoms with Crippen molar-refractivity contribution >= 4 is 29.1 Å². The molecule has 0 saturated carbocycles. The van der Waals surface area contributed by atoms with Gasteiger partial charge in [0.25, 0.3) is 0 Å². The predicted molar refractivity (Wildman–Crippen MR) is 74.7 cm³/mol. The first kappa shape index (κ1) is 15.1. The maximum atomic E-state index is 11.9. The number of methoxy groups -OCH3 is 1. The molecule has 0 aliphatic rings. The summed E-state index contributed by atoms with van der Waals surface area (Å²) in [4.78, 5) is 11.9. The van der Waals surface area contributed by atoms with Crippen molar-refractivity contribution in [2.45, 2.75) is 18.9 Å². The van der Waals surface area contributed by atoms with Crippen LogP contribution in [0.15, 0.2) is 24.3 Å². The summed E-state index contributed by atoms with van der Waals surface area (Å²) in [6.45, 7) is 1.81. The number of carbonyl (C=O) groups excluding carboxylic acids is 1. The van der Waals surface area contributed by atoms with Gasteiger partial charge in [0.05, 0.1) is 19.1 Å². The molecule has 0 unspecified atom stereocenters. The molecule has 0 atom stereocenters. The van der Waals surface area contributed by atoms with Crippen LogP contribution in [0.2, 0.25) is 0 Å². The first-order chi connectivity index (χ1) is 8.54. The van der Waals surface area contributed by atoms with Crippen LogP contribution < -0.4 is 10.1 Å². The maximum Gasteiger partial charge on any atom is 0.225 e. The summed E-state index contributed by atoms with van der Waals surface area (Å²) in [7, 11) is 1.58. The van der Waals surface area contributed by atoms with Crippen molar-refractivity contribution in [2.24, 2.45) is 0 Å². The molecule has 3 nitrogen and oxygen atoms in total. The summed E-state index contributed by atoms with van der Waals surface area (Å²) >= 11 is 11.6. The molecule has 0 aliphatic heterocycles.